The van der Waals surface area contributed by atoms with Gasteiger partial charge in [0.15, 0.2) is 0 Å². The first-order valence-electron chi connectivity index (χ1n) is 20.7. The highest BCUT2D eigenvalue weighted by Gasteiger charge is 2.28. The summed E-state index contributed by atoms with van der Waals surface area (Å²) in [4.78, 5) is 16.0. The summed E-state index contributed by atoms with van der Waals surface area (Å²) in [6.07, 6.45) is 7.66. The smallest absolute Gasteiger partial charge is 0.303 e. The quantitative estimate of drug-likeness (QED) is 0.117. The lowest BCUT2D eigenvalue weighted by Crippen LogP contribution is -2.35. The molecule has 298 valence electrons. The molecular weight excluding hydrogens is 701 g/mol. The molecule has 0 aromatic heterocycles. The van der Waals surface area contributed by atoms with Crippen LogP contribution < -0.4 is 9.80 Å². The van der Waals surface area contributed by atoms with Crippen LogP contribution in [0.3, 0.4) is 0 Å². The van der Waals surface area contributed by atoms with Gasteiger partial charge < -0.3 is 20.0 Å². The molecule has 5 aromatic carbocycles. The van der Waals surface area contributed by atoms with Crippen molar-refractivity contribution in [3.63, 3.8) is 0 Å². The van der Waals surface area contributed by atoms with Gasteiger partial charge in [0.2, 0.25) is 0 Å². The minimum absolute atomic E-state index is 0.130. The molecule has 0 bridgehead atoms. The molecule has 1 aliphatic rings. The van der Waals surface area contributed by atoms with Crippen molar-refractivity contribution in [1.82, 2.24) is 0 Å². The molecule has 5 heteroatoms. The van der Waals surface area contributed by atoms with Gasteiger partial charge in [-0.25, -0.2) is 0 Å². The second kappa shape index (κ2) is 17.6. The number of allylic oxidation sites excluding steroid dienone is 1. The van der Waals surface area contributed by atoms with Crippen molar-refractivity contribution in [2.75, 3.05) is 9.80 Å². The van der Waals surface area contributed by atoms with Crippen molar-refractivity contribution < 1.29 is 15.0 Å². The maximum absolute atomic E-state index is 11.2. The van der Waals surface area contributed by atoms with Crippen molar-refractivity contribution in [2.24, 2.45) is 17.3 Å². The van der Waals surface area contributed by atoms with Gasteiger partial charge in [0.1, 0.15) is 0 Å². The number of carbonyl (C=O) groups is 1. The van der Waals surface area contributed by atoms with Gasteiger partial charge in [-0.05, 0) is 176 Å². The van der Waals surface area contributed by atoms with E-state index in [-0.39, 0.29) is 24.0 Å². The summed E-state index contributed by atoms with van der Waals surface area (Å²) < 4.78 is 0. The van der Waals surface area contributed by atoms with Crippen molar-refractivity contribution >= 4 is 34.4 Å². The SMILES string of the molecule is Cc1ccc(N(c2ccc(CCC(O)C(C)(C)C)cc2)c2ccc(-c3ccc(N(c4ccc(CCC(=O)O)cc4)C4C=CC(C)C(C)C4)c(C)c3)cc2C)cc1C. The fourth-order valence-corrected chi connectivity index (χ4v) is 7.97. The van der Waals surface area contributed by atoms with Crippen LogP contribution >= 0.6 is 0 Å². The molecule has 0 aliphatic heterocycles. The van der Waals surface area contributed by atoms with Gasteiger partial charge in [0, 0.05) is 34.9 Å². The lowest BCUT2D eigenvalue weighted by atomic mass is 9.83. The Labute approximate surface area is 341 Å². The second-order valence-electron chi connectivity index (χ2n) is 17.6. The van der Waals surface area contributed by atoms with E-state index in [0.717, 1.165) is 47.6 Å². The summed E-state index contributed by atoms with van der Waals surface area (Å²) in [7, 11) is 0. The molecule has 0 saturated heterocycles. The zero-order chi connectivity index (χ0) is 41.0. The highest BCUT2D eigenvalue weighted by molar-refractivity contribution is 5.82. The minimum atomic E-state index is -0.773. The predicted octanol–water partition coefficient (Wildman–Crippen LogP) is 13.2. The van der Waals surface area contributed by atoms with Crippen LogP contribution in [-0.2, 0) is 17.6 Å². The molecule has 5 aromatic rings. The molecule has 4 atom stereocenters. The Morgan fingerprint density at radius 3 is 1.77 bits per heavy atom. The summed E-state index contributed by atoms with van der Waals surface area (Å²) >= 11 is 0. The average molecular weight is 763 g/mol. The van der Waals surface area contributed by atoms with Crippen LogP contribution in [0.1, 0.15) is 87.3 Å². The van der Waals surface area contributed by atoms with Gasteiger partial charge >= 0.3 is 5.97 Å². The fourth-order valence-electron chi connectivity index (χ4n) is 7.97. The first kappa shape index (κ1) is 41.5. The first-order chi connectivity index (χ1) is 27.1. The minimum Gasteiger partial charge on any atom is -0.481 e. The van der Waals surface area contributed by atoms with E-state index in [2.05, 4.69) is 187 Å². The summed E-state index contributed by atoms with van der Waals surface area (Å²) in [6, 6.07) is 37.8. The maximum atomic E-state index is 11.2. The molecule has 0 fully saturated rings. The van der Waals surface area contributed by atoms with Crippen molar-refractivity contribution in [3.8, 4) is 11.1 Å². The molecule has 57 heavy (non-hydrogen) atoms. The lowest BCUT2D eigenvalue weighted by molar-refractivity contribution is -0.136. The Bertz CT molecular complexity index is 2200. The molecule has 0 spiro atoms. The normalized spacial score (nSPS) is 17.3. The zero-order valence-electron chi connectivity index (χ0n) is 35.5. The Morgan fingerprint density at radius 1 is 0.667 bits per heavy atom. The van der Waals surface area contributed by atoms with Crippen molar-refractivity contribution in [1.29, 1.82) is 0 Å². The number of aliphatic hydroxyl groups is 1. The molecule has 4 unspecified atom stereocenters. The van der Waals surface area contributed by atoms with Crippen LogP contribution in [0.15, 0.2) is 115 Å². The number of hydrogen-bond donors (Lipinski definition) is 2. The number of hydrogen-bond acceptors (Lipinski definition) is 4. The number of aliphatic hydroxyl groups excluding tert-OH is 1. The second-order valence-corrected chi connectivity index (χ2v) is 17.6. The van der Waals surface area contributed by atoms with Crippen LogP contribution in [0, 0.1) is 44.9 Å². The molecule has 0 radical (unpaired) electrons. The number of nitrogens with zero attached hydrogens (tertiary/aromatic N) is 2. The fraction of sp³-hybridized carbons (Fsp3) is 0.365. The Kier molecular flexibility index (Phi) is 12.8. The van der Waals surface area contributed by atoms with E-state index in [4.69, 9.17) is 0 Å². The van der Waals surface area contributed by atoms with E-state index in [0.29, 0.717) is 18.3 Å². The number of carboxylic acids is 1. The van der Waals surface area contributed by atoms with Crippen LogP contribution in [0.4, 0.5) is 28.4 Å². The molecule has 0 saturated carbocycles. The Morgan fingerprint density at radius 2 is 1.23 bits per heavy atom. The molecule has 0 amide bonds. The van der Waals surface area contributed by atoms with E-state index < -0.39 is 5.97 Å². The van der Waals surface area contributed by atoms with E-state index in [1.165, 1.54) is 44.6 Å². The largest absolute Gasteiger partial charge is 0.481 e. The molecule has 5 nitrogen and oxygen atoms in total. The number of benzene rings is 5. The number of anilines is 5. The summed E-state index contributed by atoms with van der Waals surface area (Å²) in [5.41, 5.74) is 15.1. The molecule has 6 rings (SSSR count). The number of aliphatic carboxylic acids is 1. The highest BCUT2D eigenvalue weighted by Crippen LogP contribution is 2.41. The van der Waals surface area contributed by atoms with Crippen LogP contribution in [0.5, 0.6) is 0 Å². The third-order valence-corrected chi connectivity index (χ3v) is 12.2. The van der Waals surface area contributed by atoms with Crippen LogP contribution in [0.25, 0.3) is 11.1 Å². The monoisotopic (exact) mass is 762 g/mol. The van der Waals surface area contributed by atoms with Gasteiger partial charge in [-0.2, -0.15) is 0 Å². The average Bonchev–Trinajstić information content (AvgIpc) is 3.17. The van der Waals surface area contributed by atoms with E-state index in [9.17, 15) is 15.0 Å². The maximum Gasteiger partial charge on any atom is 0.303 e. The number of carboxylic acid groups (broad SMARTS) is 1. The Hall–Kier alpha value is -5.13. The lowest BCUT2D eigenvalue weighted by Gasteiger charge is -2.38. The van der Waals surface area contributed by atoms with Crippen molar-refractivity contribution in [3.05, 3.63) is 149 Å². The summed E-state index contributed by atoms with van der Waals surface area (Å²) in [5.74, 6) is 0.331. The molecule has 1 aliphatic carbocycles. The van der Waals surface area contributed by atoms with Gasteiger partial charge in [-0.3, -0.25) is 4.79 Å². The van der Waals surface area contributed by atoms with E-state index >= 15 is 0 Å². The standard InChI is InChI=1S/C52H62N2O3/c1-34-10-20-46(32-36(34)3)53(44-22-12-40(13-23-44)16-28-50(55)52(7,8)9)48-26-18-42(30-38(48)5)43-19-27-49(39(6)31-43)54(47-21-11-35(2)37(4)33-47)45-24-14-41(15-25-45)17-29-51(56)57/h10-15,18-27,30-32,35,37,47,50,55H,16-17,28-29,33H2,1-9H3,(H,56,57). The first-order valence-corrected chi connectivity index (χ1v) is 20.7. The molecule has 2 N–H and O–H groups in total. The third-order valence-electron chi connectivity index (χ3n) is 12.2. The summed E-state index contributed by atoms with van der Waals surface area (Å²) in [6.45, 7) is 19.7. The third kappa shape index (κ3) is 9.88. The van der Waals surface area contributed by atoms with Gasteiger partial charge in [0.25, 0.3) is 0 Å². The van der Waals surface area contributed by atoms with Gasteiger partial charge in [0.05, 0.1) is 12.1 Å². The van der Waals surface area contributed by atoms with Gasteiger partial charge in [-0.15, -0.1) is 0 Å². The number of aryl methyl sites for hydroxylation is 6. The molecular formula is C52H62N2O3. The van der Waals surface area contributed by atoms with Crippen LogP contribution in [0.2, 0.25) is 0 Å². The molecule has 0 heterocycles. The van der Waals surface area contributed by atoms with E-state index in [1.807, 2.05) is 0 Å². The topological polar surface area (TPSA) is 64.0 Å². The van der Waals surface area contributed by atoms with Crippen molar-refractivity contribution in [2.45, 2.75) is 107 Å². The van der Waals surface area contributed by atoms with Gasteiger partial charge in [-0.1, -0.05) is 89.2 Å². The summed E-state index contributed by atoms with van der Waals surface area (Å²) in [5, 5.41) is 19.9. The number of rotatable bonds is 13. The van der Waals surface area contributed by atoms with E-state index in [1.54, 1.807) is 0 Å². The predicted molar refractivity (Wildman–Crippen MR) is 240 cm³/mol. The van der Waals surface area contributed by atoms with Crippen LogP contribution in [-0.4, -0.2) is 28.3 Å². The highest BCUT2D eigenvalue weighted by atomic mass is 16.4. The zero-order valence-corrected chi connectivity index (χ0v) is 35.5. The Balaban J connectivity index is 1.32.